The van der Waals surface area contributed by atoms with Gasteiger partial charge in [-0.2, -0.15) is 0 Å². The van der Waals surface area contributed by atoms with Crippen LogP contribution in [-0.4, -0.2) is 61.0 Å². The molecule has 4 rings (SSSR count). The predicted octanol–water partition coefficient (Wildman–Crippen LogP) is 5.48. The van der Waals surface area contributed by atoms with Crippen LogP contribution in [0.1, 0.15) is 0 Å². The normalized spacial score (nSPS) is 11.2. The lowest BCUT2D eigenvalue weighted by atomic mass is 10.2. The van der Waals surface area contributed by atoms with E-state index >= 15 is 0 Å². The SMILES string of the molecule is CS(=O)(=O)/C=C\n1cnc(-c2cccc(Cl)c2)n1.CS/C=C\n1cnc(-c2cccc(Cl)c2)n1.OO. The third kappa shape index (κ3) is 9.93. The van der Waals surface area contributed by atoms with Gasteiger partial charge in [-0.15, -0.1) is 22.0 Å². The van der Waals surface area contributed by atoms with Crippen molar-refractivity contribution in [3.63, 3.8) is 0 Å². The van der Waals surface area contributed by atoms with Crippen molar-refractivity contribution in [1.82, 2.24) is 29.5 Å². The molecular formula is C22H22Cl2N6O4S2. The van der Waals surface area contributed by atoms with Crippen LogP contribution in [0.15, 0.2) is 72.0 Å². The molecule has 2 aromatic carbocycles. The Labute approximate surface area is 222 Å². The molecule has 0 fully saturated rings. The highest BCUT2D eigenvalue weighted by molar-refractivity contribution is 8.01. The summed E-state index contributed by atoms with van der Waals surface area (Å²) in [6.45, 7) is 0. The second kappa shape index (κ2) is 14.5. The van der Waals surface area contributed by atoms with Crippen LogP contribution in [0, 0.1) is 0 Å². The van der Waals surface area contributed by atoms with Gasteiger partial charge in [0, 0.05) is 45.2 Å². The summed E-state index contributed by atoms with van der Waals surface area (Å²) in [5, 5.41) is 24.7. The standard InChI is InChI=1S/C11H10ClN3O2S.C11H10ClN3S.H2O2/c1-18(16,17)6-5-15-8-13-11(14-15)9-3-2-4-10(12)7-9;1-16-6-5-15-8-13-11(14-15)9-3-2-4-10(12)7-9;1-2/h2-8H,1H3;2-8H,1H3;1-2H/b2*6-5-;. The van der Waals surface area contributed by atoms with E-state index in [-0.39, 0.29) is 0 Å². The van der Waals surface area contributed by atoms with Crippen molar-refractivity contribution in [1.29, 1.82) is 0 Å². The lowest BCUT2D eigenvalue weighted by Gasteiger charge is -1.95. The van der Waals surface area contributed by atoms with E-state index in [1.54, 1.807) is 41.0 Å². The topological polar surface area (TPSA) is 136 Å². The van der Waals surface area contributed by atoms with Gasteiger partial charge in [0.1, 0.15) is 12.7 Å². The van der Waals surface area contributed by atoms with E-state index in [9.17, 15) is 8.42 Å². The first kappa shape index (κ1) is 29.2. The highest BCUT2D eigenvalue weighted by atomic mass is 35.5. The number of aromatic nitrogens is 6. The highest BCUT2D eigenvalue weighted by Gasteiger charge is 2.04. The number of thioether (sulfide) groups is 1. The second-order valence-corrected chi connectivity index (χ2v) is 10.3. The highest BCUT2D eigenvalue weighted by Crippen LogP contribution is 2.20. The molecule has 0 amide bonds. The molecule has 2 heterocycles. The molecule has 0 atom stereocenters. The van der Waals surface area contributed by atoms with Crippen LogP contribution in [-0.2, 0) is 9.84 Å². The van der Waals surface area contributed by atoms with E-state index in [1.807, 2.05) is 48.2 Å². The Morgan fingerprint density at radius 3 is 1.75 bits per heavy atom. The number of benzene rings is 2. The van der Waals surface area contributed by atoms with Crippen molar-refractivity contribution in [2.24, 2.45) is 0 Å². The minimum atomic E-state index is -3.17. The summed E-state index contributed by atoms with van der Waals surface area (Å²) in [7, 11) is -3.17. The molecule has 0 saturated carbocycles. The van der Waals surface area contributed by atoms with Gasteiger partial charge in [0.15, 0.2) is 21.5 Å². The molecule has 2 aromatic heterocycles. The van der Waals surface area contributed by atoms with Gasteiger partial charge < -0.3 is 0 Å². The van der Waals surface area contributed by atoms with Crippen molar-refractivity contribution in [2.75, 3.05) is 12.5 Å². The van der Waals surface area contributed by atoms with Gasteiger partial charge in [-0.05, 0) is 35.9 Å². The second-order valence-electron chi connectivity index (χ2n) is 6.75. The van der Waals surface area contributed by atoms with E-state index in [0.29, 0.717) is 21.7 Å². The molecule has 190 valence electrons. The van der Waals surface area contributed by atoms with Crippen LogP contribution in [0.4, 0.5) is 0 Å². The van der Waals surface area contributed by atoms with Crippen LogP contribution < -0.4 is 0 Å². The Morgan fingerprint density at radius 2 is 1.33 bits per heavy atom. The molecule has 0 bridgehead atoms. The molecule has 0 aliphatic rings. The number of halogens is 2. The molecular weight excluding hydrogens is 547 g/mol. The molecule has 4 aromatic rings. The minimum Gasteiger partial charge on any atom is -0.255 e. The van der Waals surface area contributed by atoms with Gasteiger partial charge in [-0.25, -0.2) is 27.7 Å². The van der Waals surface area contributed by atoms with Crippen LogP contribution in [0.2, 0.25) is 10.0 Å². The lowest BCUT2D eigenvalue weighted by Crippen LogP contribution is -1.92. The van der Waals surface area contributed by atoms with Gasteiger partial charge in [0.2, 0.25) is 0 Å². The number of hydrogen-bond acceptors (Lipinski definition) is 9. The quantitative estimate of drug-likeness (QED) is 0.229. The Balaban J connectivity index is 0.000000239. The maximum atomic E-state index is 11.0. The van der Waals surface area contributed by atoms with Gasteiger partial charge in [0.05, 0.1) is 0 Å². The number of nitrogens with zero attached hydrogens (tertiary/aromatic N) is 6. The molecule has 0 saturated heterocycles. The summed E-state index contributed by atoms with van der Waals surface area (Å²) in [6, 6.07) is 14.6. The summed E-state index contributed by atoms with van der Waals surface area (Å²) in [6.07, 6.45) is 9.38. The van der Waals surface area contributed by atoms with Crippen LogP contribution >= 0.6 is 35.0 Å². The van der Waals surface area contributed by atoms with E-state index in [4.69, 9.17) is 33.7 Å². The van der Waals surface area contributed by atoms with Gasteiger partial charge in [-0.3, -0.25) is 10.5 Å². The molecule has 0 unspecified atom stereocenters. The number of rotatable bonds is 6. The summed E-state index contributed by atoms with van der Waals surface area (Å²) in [5.74, 6) is 1.16. The predicted molar refractivity (Wildman–Crippen MR) is 145 cm³/mol. The average molecular weight is 569 g/mol. The molecule has 2 N–H and O–H groups in total. The fraction of sp³-hybridized carbons (Fsp3) is 0.0909. The van der Waals surface area contributed by atoms with Crippen LogP contribution in [0.3, 0.4) is 0 Å². The molecule has 0 radical (unpaired) electrons. The first-order valence-electron chi connectivity index (χ1n) is 9.85. The zero-order valence-corrected chi connectivity index (χ0v) is 22.2. The largest absolute Gasteiger partial charge is 0.255 e. The Morgan fingerprint density at radius 1 is 0.861 bits per heavy atom. The van der Waals surface area contributed by atoms with E-state index in [1.165, 1.54) is 17.2 Å². The van der Waals surface area contributed by atoms with Gasteiger partial charge in [0.25, 0.3) is 0 Å². The maximum absolute atomic E-state index is 11.0. The maximum Gasteiger partial charge on any atom is 0.181 e. The van der Waals surface area contributed by atoms with E-state index in [0.717, 1.165) is 22.8 Å². The Bertz CT molecular complexity index is 1420. The average Bonchev–Trinajstić information content (AvgIpc) is 3.53. The van der Waals surface area contributed by atoms with E-state index < -0.39 is 9.84 Å². The summed E-state index contributed by atoms with van der Waals surface area (Å²) >= 11 is 13.4. The zero-order valence-electron chi connectivity index (χ0n) is 19.0. The fourth-order valence-electron chi connectivity index (χ4n) is 2.51. The smallest absolute Gasteiger partial charge is 0.181 e. The minimum absolute atomic E-state index is 0.482. The molecule has 10 nitrogen and oxygen atoms in total. The number of sulfone groups is 1. The molecule has 14 heteroatoms. The van der Waals surface area contributed by atoms with Crippen molar-refractivity contribution in [3.8, 4) is 22.8 Å². The van der Waals surface area contributed by atoms with Gasteiger partial charge in [-0.1, -0.05) is 47.5 Å². The first-order valence-corrected chi connectivity index (χ1v) is 13.9. The Hall–Kier alpha value is -3.00. The molecule has 0 spiro atoms. The zero-order chi connectivity index (χ0) is 26.6. The van der Waals surface area contributed by atoms with Crippen molar-refractivity contribution >= 4 is 57.2 Å². The van der Waals surface area contributed by atoms with Crippen molar-refractivity contribution in [3.05, 3.63) is 82.0 Å². The molecule has 0 aliphatic carbocycles. The summed E-state index contributed by atoms with van der Waals surface area (Å²) in [5.41, 5.74) is 1.69. The summed E-state index contributed by atoms with van der Waals surface area (Å²) in [4.78, 5) is 8.29. The summed E-state index contributed by atoms with van der Waals surface area (Å²) < 4.78 is 24.9. The Kier molecular flexibility index (Phi) is 11.8. The first-order chi connectivity index (χ1) is 17.2. The molecule has 36 heavy (non-hydrogen) atoms. The van der Waals surface area contributed by atoms with E-state index in [2.05, 4.69) is 20.2 Å². The third-order valence-electron chi connectivity index (χ3n) is 3.99. The van der Waals surface area contributed by atoms with Crippen LogP contribution in [0.25, 0.3) is 35.2 Å². The third-order valence-corrected chi connectivity index (χ3v) is 5.47. The van der Waals surface area contributed by atoms with Crippen molar-refractivity contribution in [2.45, 2.75) is 0 Å². The monoisotopic (exact) mass is 568 g/mol. The van der Waals surface area contributed by atoms with Crippen molar-refractivity contribution < 1.29 is 18.9 Å². The lowest BCUT2D eigenvalue weighted by molar-refractivity contribution is -0.176. The molecule has 0 aliphatic heterocycles. The fourth-order valence-corrected chi connectivity index (χ4v) is 3.48. The van der Waals surface area contributed by atoms with Crippen LogP contribution in [0.5, 0.6) is 0 Å². The number of hydrogen-bond donors (Lipinski definition) is 2. The van der Waals surface area contributed by atoms with Gasteiger partial charge >= 0.3 is 0 Å².